The monoisotopic (exact) mass is 385 g/mol. The molecule has 0 saturated carbocycles. The quantitative estimate of drug-likeness (QED) is 0.605. The van der Waals surface area contributed by atoms with Gasteiger partial charge in [-0.1, -0.05) is 6.07 Å². The number of anilines is 1. The number of aryl methyl sites for hydroxylation is 4. The van der Waals surface area contributed by atoms with Crippen molar-refractivity contribution in [3.63, 3.8) is 0 Å². The Kier molecular flexibility index (Phi) is 6.10. The molecule has 0 aromatic heterocycles. The Bertz CT molecular complexity index is 884. The van der Waals surface area contributed by atoms with Gasteiger partial charge in [-0.2, -0.15) is 5.11 Å². The zero-order valence-electron chi connectivity index (χ0n) is 16.5. The average Bonchev–Trinajstić information content (AvgIpc) is 2.66. The van der Waals surface area contributed by atoms with E-state index in [-0.39, 0.29) is 6.61 Å². The van der Waals surface area contributed by atoms with Gasteiger partial charge in [0.2, 0.25) is 0 Å². The van der Waals surface area contributed by atoms with Crippen LogP contribution in [0.4, 0.5) is 17.1 Å². The molecule has 28 heavy (non-hydrogen) atoms. The van der Waals surface area contributed by atoms with E-state index in [9.17, 15) is 15.3 Å². The number of azo groups is 1. The van der Waals surface area contributed by atoms with Crippen molar-refractivity contribution in [3.05, 3.63) is 52.6 Å². The lowest BCUT2D eigenvalue weighted by Crippen LogP contribution is -2.55. The first-order valence-electron chi connectivity index (χ1n) is 9.29. The Labute approximate surface area is 164 Å². The first-order chi connectivity index (χ1) is 13.3. The summed E-state index contributed by atoms with van der Waals surface area (Å²) < 4.78 is 5.45. The van der Waals surface area contributed by atoms with Gasteiger partial charge >= 0.3 is 0 Å². The van der Waals surface area contributed by atoms with E-state index < -0.39 is 24.5 Å². The van der Waals surface area contributed by atoms with E-state index in [2.05, 4.69) is 15.5 Å². The van der Waals surface area contributed by atoms with Gasteiger partial charge in [0.25, 0.3) is 0 Å². The summed E-state index contributed by atoms with van der Waals surface area (Å²) in [7, 11) is 0. The zero-order chi connectivity index (χ0) is 20.4. The molecule has 1 saturated heterocycles. The molecule has 0 spiro atoms. The Morgan fingerprint density at radius 2 is 1.54 bits per heavy atom. The summed E-state index contributed by atoms with van der Waals surface area (Å²) in [5.41, 5.74) is 6.40. The van der Waals surface area contributed by atoms with Crippen molar-refractivity contribution >= 4 is 17.1 Å². The normalized spacial score (nSPS) is 25.2. The summed E-state index contributed by atoms with van der Waals surface area (Å²) in [5.74, 6) is 0. The van der Waals surface area contributed by atoms with Crippen molar-refractivity contribution in [2.75, 3.05) is 11.9 Å². The second kappa shape index (κ2) is 8.36. The summed E-state index contributed by atoms with van der Waals surface area (Å²) in [6.45, 7) is 7.96. The largest absolute Gasteiger partial charge is 0.388 e. The molecule has 1 heterocycles. The molecule has 2 aromatic carbocycles. The first kappa shape index (κ1) is 20.4. The highest BCUT2D eigenvalue weighted by molar-refractivity contribution is 5.68. The molecule has 4 N–H and O–H groups in total. The third kappa shape index (κ3) is 4.39. The molecule has 1 aliphatic heterocycles. The highest BCUT2D eigenvalue weighted by Gasteiger charge is 2.37. The predicted octanol–water partition coefficient (Wildman–Crippen LogP) is 3.19. The lowest BCUT2D eigenvalue weighted by molar-refractivity contribution is -0.178. The van der Waals surface area contributed by atoms with Gasteiger partial charge in [-0.05, 0) is 74.2 Å². The molecule has 1 fully saturated rings. The number of rotatable bonds is 4. The second-order valence-electron chi connectivity index (χ2n) is 7.37. The summed E-state index contributed by atoms with van der Waals surface area (Å²) in [6, 6.07) is 9.69. The van der Waals surface area contributed by atoms with Crippen molar-refractivity contribution < 1.29 is 20.1 Å². The molecule has 150 valence electrons. The van der Waals surface area contributed by atoms with Crippen LogP contribution in [0.5, 0.6) is 0 Å². The zero-order valence-corrected chi connectivity index (χ0v) is 16.5. The number of nitrogens with one attached hydrogen (secondary N) is 1. The first-order valence-corrected chi connectivity index (χ1v) is 9.29. The van der Waals surface area contributed by atoms with Crippen molar-refractivity contribution in [3.8, 4) is 0 Å². The van der Waals surface area contributed by atoms with Crippen LogP contribution in [0, 0.1) is 27.7 Å². The van der Waals surface area contributed by atoms with Gasteiger partial charge in [0.1, 0.15) is 24.0 Å². The van der Waals surface area contributed by atoms with E-state index in [1.54, 1.807) is 0 Å². The summed E-state index contributed by atoms with van der Waals surface area (Å²) in [4.78, 5) is 0. The van der Waals surface area contributed by atoms with Crippen molar-refractivity contribution in [1.29, 1.82) is 0 Å². The fourth-order valence-electron chi connectivity index (χ4n) is 2.99. The van der Waals surface area contributed by atoms with Crippen LogP contribution in [0.1, 0.15) is 22.3 Å². The van der Waals surface area contributed by atoms with Gasteiger partial charge in [-0.15, -0.1) is 5.11 Å². The van der Waals surface area contributed by atoms with E-state index >= 15 is 0 Å². The minimum Gasteiger partial charge on any atom is -0.388 e. The number of aliphatic hydroxyl groups is 3. The Morgan fingerprint density at radius 1 is 0.857 bits per heavy atom. The maximum absolute atomic E-state index is 10.2. The Balaban J connectivity index is 1.88. The van der Waals surface area contributed by atoms with Crippen LogP contribution in [0.15, 0.2) is 40.6 Å². The Hall–Kier alpha value is -2.32. The van der Waals surface area contributed by atoms with Crippen LogP contribution in [0.25, 0.3) is 0 Å². The predicted molar refractivity (Wildman–Crippen MR) is 107 cm³/mol. The van der Waals surface area contributed by atoms with Crippen LogP contribution in [-0.2, 0) is 4.74 Å². The molecule has 7 heteroatoms. The number of aliphatic hydroxyl groups excluding tert-OH is 3. The molecule has 0 aliphatic carbocycles. The molecule has 0 radical (unpaired) electrons. The molecule has 3 rings (SSSR count). The third-order valence-electron chi connectivity index (χ3n) is 5.17. The van der Waals surface area contributed by atoms with Crippen molar-refractivity contribution in [1.82, 2.24) is 0 Å². The lowest BCUT2D eigenvalue weighted by Gasteiger charge is -2.36. The van der Waals surface area contributed by atoms with Gasteiger partial charge in [0, 0.05) is 0 Å². The van der Waals surface area contributed by atoms with E-state index in [1.165, 1.54) is 5.56 Å². The van der Waals surface area contributed by atoms with E-state index in [0.29, 0.717) is 11.4 Å². The SMILES string of the molecule is Cc1ccc(N=Nc2cc(C)c(C)cc2N[C@@H]2OC[C@H](O)[C@H](O)[C@H]2O)cc1C. The minimum atomic E-state index is -1.28. The molecule has 7 nitrogen and oxygen atoms in total. The third-order valence-corrected chi connectivity index (χ3v) is 5.17. The van der Waals surface area contributed by atoms with Crippen molar-refractivity contribution in [2.24, 2.45) is 10.2 Å². The second-order valence-corrected chi connectivity index (χ2v) is 7.37. The lowest BCUT2D eigenvalue weighted by atomic mass is 10.0. The smallest absolute Gasteiger partial charge is 0.156 e. The molecule has 2 aromatic rings. The van der Waals surface area contributed by atoms with Crippen LogP contribution < -0.4 is 5.32 Å². The average molecular weight is 385 g/mol. The van der Waals surface area contributed by atoms with Crippen molar-refractivity contribution in [2.45, 2.75) is 52.2 Å². The Morgan fingerprint density at radius 3 is 2.25 bits per heavy atom. The highest BCUT2D eigenvalue weighted by Crippen LogP contribution is 2.32. The fraction of sp³-hybridized carbons (Fsp3) is 0.429. The van der Waals surface area contributed by atoms with Gasteiger partial charge in [-0.25, -0.2) is 0 Å². The van der Waals surface area contributed by atoms with Gasteiger partial charge in [-0.3, -0.25) is 0 Å². The maximum Gasteiger partial charge on any atom is 0.156 e. The number of nitrogens with zero attached hydrogens (tertiary/aromatic N) is 2. The topological polar surface area (TPSA) is 107 Å². The molecular formula is C21H27N3O4. The van der Waals surface area contributed by atoms with Crippen LogP contribution in [0.2, 0.25) is 0 Å². The molecule has 0 unspecified atom stereocenters. The molecule has 1 aliphatic rings. The summed E-state index contributed by atoms with van der Waals surface area (Å²) in [5, 5.41) is 41.5. The maximum atomic E-state index is 10.2. The van der Waals surface area contributed by atoms with Gasteiger partial charge in [0.15, 0.2) is 6.23 Å². The minimum absolute atomic E-state index is 0.0692. The fourth-order valence-corrected chi connectivity index (χ4v) is 2.99. The van der Waals surface area contributed by atoms with E-state index in [1.807, 2.05) is 58.0 Å². The van der Waals surface area contributed by atoms with Crippen LogP contribution in [-0.4, -0.2) is 46.5 Å². The number of hydrogen-bond donors (Lipinski definition) is 4. The van der Waals surface area contributed by atoms with E-state index in [4.69, 9.17) is 4.74 Å². The summed E-state index contributed by atoms with van der Waals surface area (Å²) >= 11 is 0. The van der Waals surface area contributed by atoms with Crippen LogP contribution >= 0.6 is 0 Å². The standard InChI is InChI=1S/C21H27N3O4/c1-11-5-6-15(7-12(11)2)23-24-17-9-14(4)13(3)8-16(17)22-21-20(27)19(26)18(25)10-28-21/h5-9,18-22,25-27H,10H2,1-4H3/t18-,19-,20+,21+/m0/s1. The van der Waals surface area contributed by atoms with Gasteiger partial charge < -0.3 is 25.4 Å². The number of benzene rings is 2. The number of ether oxygens (including phenoxy) is 1. The molecule has 4 atom stereocenters. The molecule has 0 bridgehead atoms. The summed E-state index contributed by atoms with van der Waals surface area (Å²) in [6.07, 6.45) is -4.53. The molecular weight excluding hydrogens is 358 g/mol. The van der Waals surface area contributed by atoms with E-state index in [0.717, 1.165) is 22.4 Å². The molecule has 0 amide bonds. The van der Waals surface area contributed by atoms with Crippen LogP contribution in [0.3, 0.4) is 0 Å². The highest BCUT2D eigenvalue weighted by atomic mass is 16.5. The number of hydrogen-bond acceptors (Lipinski definition) is 7. The van der Waals surface area contributed by atoms with Gasteiger partial charge in [0.05, 0.1) is 18.0 Å².